The fraction of sp³-hybridized carbons (Fsp3) is 0.0909. The number of nitrogens with one attached hydrogen (secondary N) is 2. The zero-order valence-electron chi connectivity index (χ0n) is 15.1. The lowest BCUT2D eigenvalue weighted by atomic mass is 10.2. The molecule has 0 aliphatic heterocycles. The highest BCUT2D eigenvalue weighted by atomic mass is 16.2. The van der Waals surface area contributed by atoms with E-state index in [1.807, 2.05) is 67.6 Å². The SMILES string of the molecule is CCN(C(=O)C(=O)Nc1ccc(Nc2ccccc2)cc1)c1ccccc1. The van der Waals surface area contributed by atoms with Crippen LogP contribution in [0.3, 0.4) is 0 Å². The van der Waals surface area contributed by atoms with Gasteiger partial charge in [0.05, 0.1) is 0 Å². The highest BCUT2D eigenvalue weighted by Crippen LogP contribution is 2.19. The first-order chi connectivity index (χ1) is 13.2. The van der Waals surface area contributed by atoms with E-state index in [9.17, 15) is 9.59 Å². The summed E-state index contributed by atoms with van der Waals surface area (Å²) in [7, 11) is 0. The minimum atomic E-state index is -0.663. The van der Waals surface area contributed by atoms with Crippen LogP contribution >= 0.6 is 0 Å². The number of likely N-dealkylation sites (N-methyl/N-ethyl adjacent to an activating group) is 1. The van der Waals surface area contributed by atoms with Crippen LogP contribution in [-0.2, 0) is 9.59 Å². The molecule has 3 aromatic carbocycles. The van der Waals surface area contributed by atoms with Gasteiger partial charge in [-0.05, 0) is 55.5 Å². The van der Waals surface area contributed by atoms with Crippen LogP contribution in [0.2, 0.25) is 0 Å². The van der Waals surface area contributed by atoms with Crippen molar-refractivity contribution in [2.24, 2.45) is 0 Å². The van der Waals surface area contributed by atoms with Crippen molar-refractivity contribution in [1.82, 2.24) is 0 Å². The number of carbonyl (C=O) groups excluding carboxylic acids is 2. The summed E-state index contributed by atoms with van der Waals surface area (Å²) in [6.45, 7) is 2.25. The Morgan fingerprint density at radius 3 is 1.85 bits per heavy atom. The smallest absolute Gasteiger partial charge is 0.316 e. The van der Waals surface area contributed by atoms with E-state index in [-0.39, 0.29) is 0 Å². The summed E-state index contributed by atoms with van der Waals surface area (Å²) in [6, 6.07) is 26.2. The average Bonchev–Trinajstić information content (AvgIpc) is 2.71. The molecule has 0 spiro atoms. The first kappa shape index (κ1) is 18.2. The Morgan fingerprint density at radius 1 is 0.741 bits per heavy atom. The molecule has 0 bridgehead atoms. The molecule has 136 valence electrons. The molecule has 2 N–H and O–H groups in total. The number of hydrogen-bond donors (Lipinski definition) is 2. The Bertz CT molecular complexity index is 894. The number of nitrogens with zero attached hydrogens (tertiary/aromatic N) is 1. The molecule has 0 atom stereocenters. The molecule has 5 nitrogen and oxygen atoms in total. The third kappa shape index (κ3) is 4.73. The maximum absolute atomic E-state index is 12.5. The van der Waals surface area contributed by atoms with E-state index in [4.69, 9.17) is 0 Å². The second-order valence-corrected chi connectivity index (χ2v) is 5.91. The fourth-order valence-corrected chi connectivity index (χ4v) is 2.68. The van der Waals surface area contributed by atoms with Gasteiger partial charge in [0.15, 0.2) is 0 Å². The van der Waals surface area contributed by atoms with Crippen molar-refractivity contribution in [2.45, 2.75) is 6.92 Å². The van der Waals surface area contributed by atoms with Crippen LogP contribution in [0.4, 0.5) is 22.7 Å². The summed E-state index contributed by atoms with van der Waals surface area (Å²) in [5, 5.41) is 5.93. The van der Waals surface area contributed by atoms with Crippen molar-refractivity contribution in [3.05, 3.63) is 84.9 Å². The molecule has 0 saturated heterocycles. The van der Waals surface area contributed by atoms with Gasteiger partial charge in [-0.25, -0.2) is 0 Å². The summed E-state index contributed by atoms with van der Waals surface area (Å²) in [6.07, 6.45) is 0. The van der Waals surface area contributed by atoms with E-state index in [1.165, 1.54) is 4.90 Å². The predicted octanol–water partition coefficient (Wildman–Crippen LogP) is 4.42. The van der Waals surface area contributed by atoms with Gasteiger partial charge >= 0.3 is 11.8 Å². The lowest BCUT2D eigenvalue weighted by Gasteiger charge is -2.20. The van der Waals surface area contributed by atoms with E-state index in [0.717, 1.165) is 11.4 Å². The first-order valence-corrected chi connectivity index (χ1v) is 8.77. The standard InChI is InChI=1S/C22H21N3O2/c1-2-25(20-11-7-4-8-12-20)22(27)21(26)24-19-15-13-18(14-16-19)23-17-9-5-3-6-10-17/h3-16,23H,2H2,1H3,(H,24,26). The zero-order valence-corrected chi connectivity index (χ0v) is 15.1. The highest BCUT2D eigenvalue weighted by molar-refractivity contribution is 6.44. The number of rotatable bonds is 5. The van der Waals surface area contributed by atoms with Gasteiger partial charge in [-0.3, -0.25) is 9.59 Å². The predicted molar refractivity (Wildman–Crippen MR) is 109 cm³/mol. The fourth-order valence-electron chi connectivity index (χ4n) is 2.68. The van der Waals surface area contributed by atoms with E-state index in [0.29, 0.717) is 17.9 Å². The Balaban J connectivity index is 1.64. The van der Waals surface area contributed by atoms with Crippen LogP contribution in [-0.4, -0.2) is 18.4 Å². The third-order valence-corrected chi connectivity index (χ3v) is 4.03. The molecule has 5 heteroatoms. The summed E-state index contributed by atoms with van der Waals surface area (Å²) < 4.78 is 0. The molecule has 0 radical (unpaired) electrons. The molecule has 27 heavy (non-hydrogen) atoms. The van der Waals surface area contributed by atoms with Crippen LogP contribution in [0, 0.1) is 0 Å². The monoisotopic (exact) mass is 359 g/mol. The number of carbonyl (C=O) groups is 2. The molecule has 0 heterocycles. The first-order valence-electron chi connectivity index (χ1n) is 8.77. The summed E-state index contributed by atoms with van der Waals surface area (Å²) in [4.78, 5) is 26.3. The van der Waals surface area contributed by atoms with E-state index >= 15 is 0 Å². The molecular weight excluding hydrogens is 338 g/mol. The van der Waals surface area contributed by atoms with Gasteiger partial charge in [0.2, 0.25) is 0 Å². The number of hydrogen-bond acceptors (Lipinski definition) is 3. The van der Waals surface area contributed by atoms with Gasteiger partial charge in [0.1, 0.15) is 0 Å². The minimum absolute atomic E-state index is 0.413. The summed E-state index contributed by atoms with van der Waals surface area (Å²) >= 11 is 0. The number of amides is 2. The van der Waals surface area contributed by atoms with Gasteiger partial charge < -0.3 is 15.5 Å². The molecule has 0 unspecified atom stereocenters. The van der Waals surface area contributed by atoms with Crippen LogP contribution < -0.4 is 15.5 Å². The lowest BCUT2D eigenvalue weighted by molar-refractivity contribution is -0.134. The minimum Gasteiger partial charge on any atom is -0.356 e. The van der Waals surface area contributed by atoms with Crippen molar-refractivity contribution >= 4 is 34.6 Å². The van der Waals surface area contributed by atoms with E-state index in [2.05, 4.69) is 10.6 Å². The molecule has 0 fully saturated rings. The molecule has 0 aliphatic rings. The quantitative estimate of drug-likeness (QED) is 0.663. The van der Waals surface area contributed by atoms with Crippen molar-refractivity contribution in [2.75, 3.05) is 22.1 Å². The van der Waals surface area contributed by atoms with Gasteiger partial charge in [0.25, 0.3) is 0 Å². The van der Waals surface area contributed by atoms with Crippen molar-refractivity contribution in [3.8, 4) is 0 Å². The number of anilines is 4. The lowest BCUT2D eigenvalue weighted by Crippen LogP contribution is -2.39. The van der Waals surface area contributed by atoms with E-state index < -0.39 is 11.8 Å². The van der Waals surface area contributed by atoms with Crippen LogP contribution in [0.25, 0.3) is 0 Å². The normalized spacial score (nSPS) is 10.1. The van der Waals surface area contributed by atoms with Gasteiger partial charge in [-0.2, -0.15) is 0 Å². The van der Waals surface area contributed by atoms with Gasteiger partial charge in [0, 0.05) is 29.3 Å². The Kier molecular flexibility index (Phi) is 5.84. The maximum atomic E-state index is 12.5. The molecule has 0 aromatic heterocycles. The number of para-hydroxylation sites is 2. The van der Waals surface area contributed by atoms with E-state index in [1.54, 1.807) is 24.3 Å². The topological polar surface area (TPSA) is 61.4 Å². The van der Waals surface area contributed by atoms with Crippen molar-refractivity contribution in [3.63, 3.8) is 0 Å². The zero-order chi connectivity index (χ0) is 19.1. The molecule has 3 rings (SSSR count). The highest BCUT2D eigenvalue weighted by Gasteiger charge is 2.21. The third-order valence-electron chi connectivity index (χ3n) is 4.03. The Morgan fingerprint density at radius 2 is 1.26 bits per heavy atom. The average molecular weight is 359 g/mol. The van der Waals surface area contributed by atoms with Crippen molar-refractivity contribution < 1.29 is 9.59 Å². The maximum Gasteiger partial charge on any atom is 0.316 e. The Hall–Kier alpha value is -3.60. The van der Waals surface area contributed by atoms with Crippen LogP contribution in [0.1, 0.15) is 6.92 Å². The second-order valence-electron chi connectivity index (χ2n) is 5.91. The summed E-state index contributed by atoms with van der Waals surface area (Å²) in [5.41, 5.74) is 3.13. The van der Waals surface area contributed by atoms with Gasteiger partial charge in [-0.15, -0.1) is 0 Å². The molecule has 0 saturated carbocycles. The van der Waals surface area contributed by atoms with Crippen LogP contribution in [0.15, 0.2) is 84.9 Å². The second kappa shape index (κ2) is 8.67. The molecular formula is C22H21N3O2. The van der Waals surface area contributed by atoms with Crippen LogP contribution in [0.5, 0.6) is 0 Å². The molecule has 2 amide bonds. The van der Waals surface area contributed by atoms with Gasteiger partial charge in [-0.1, -0.05) is 36.4 Å². The van der Waals surface area contributed by atoms with Crippen molar-refractivity contribution in [1.29, 1.82) is 0 Å². The molecule has 3 aromatic rings. The number of benzene rings is 3. The molecule has 0 aliphatic carbocycles. The summed E-state index contributed by atoms with van der Waals surface area (Å²) in [5.74, 6) is -1.25. The Labute approximate surface area is 158 Å². The largest absolute Gasteiger partial charge is 0.356 e.